The lowest BCUT2D eigenvalue weighted by Gasteiger charge is -1.90. The van der Waals surface area contributed by atoms with Crippen molar-refractivity contribution in [1.82, 2.24) is 5.16 Å². The van der Waals surface area contributed by atoms with Gasteiger partial charge >= 0.3 is 5.97 Å². The van der Waals surface area contributed by atoms with Crippen molar-refractivity contribution in [2.75, 3.05) is 0 Å². The molecule has 5 nitrogen and oxygen atoms in total. The molecular formula is C12H7NO4S. The Morgan fingerprint density at radius 2 is 2.17 bits per heavy atom. The molecule has 0 unspecified atom stereocenters. The van der Waals surface area contributed by atoms with Crippen molar-refractivity contribution in [3.05, 3.63) is 36.0 Å². The average Bonchev–Trinajstić information content (AvgIpc) is 2.93. The first kappa shape index (κ1) is 10.8. The summed E-state index contributed by atoms with van der Waals surface area (Å²) in [5, 5.41) is 22.7. The third-order valence-electron chi connectivity index (χ3n) is 2.52. The van der Waals surface area contributed by atoms with Gasteiger partial charge in [0.15, 0.2) is 5.76 Å². The third kappa shape index (κ3) is 1.63. The first-order chi connectivity index (χ1) is 8.65. The van der Waals surface area contributed by atoms with E-state index in [4.69, 9.17) is 9.63 Å². The fourth-order valence-electron chi connectivity index (χ4n) is 1.71. The fourth-order valence-corrected chi connectivity index (χ4v) is 2.75. The summed E-state index contributed by atoms with van der Waals surface area (Å²) in [6.07, 6.45) is 1.18. The molecule has 1 aromatic carbocycles. The number of hydrogen-bond donors (Lipinski definition) is 2. The summed E-state index contributed by atoms with van der Waals surface area (Å²) in [5.41, 5.74) is 0.0331. The van der Waals surface area contributed by atoms with Gasteiger partial charge in [-0.1, -0.05) is 5.16 Å². The van der Waals surface area contributed by atoms with Crippen molar-refractivity contribution < 1.29 is 19.5 Å². The summed E-state index contributed by atoms with van der Waals surface area (Å²) in [4.78, 5) is 11.7. The van der Waals surface area contributed by atoms with Gasteiger partial charge in [-0.05, 0) is 29.7 Å². The molecule has 0 saturated heterocycles. The molecule has 3 aromatic rings. The van der Waals surface area contributed by atoms with Crippen LogP contribution in [0.15, 0.2) is 35.0 Å². The molecule has 0 aliphatic heterocycles. The summed E-state index contributed by atoms with van der Waals surface area (Å²) in [6.45, 7) is 0. The van der Waals surface area contributed by atoms with Crippen LogP contribution in [0.1, 0.15) is 10.4 Å². The highest BCUT2D eigenvalue weighted by Gasteiger charge is 2.18. The van der Waals surface area contributed by atoms with Gasteiger partial charge < -0.3 is 14.7 Å². The number of aromatic carboxylic acids is 1. The number of phenols is 1. The van der Waals surface area contributed by atoms with Crippen LogP contribution in [0.5, 0.6) is 5.75 Å². The molecule has 2 aromatic heterocycles. The molecule has 2 N–H and O–H groups in total. The number of hydrogen-bond acceptors (Lipinski definition) is 5. The fraction of sp³-hybridized carbons (Fsp3) is 0. The second-order valence-electron chi connectivity index (χ2n) is 3.71. The summed E-state index contributed by atoms with van der Waals surface area (Å²) >= 11 is 1.39. The minimum absolute atomic E-state index is 0.0331. The van der Waals surface area contributed by atoms with Crippen LogP contribution in [0.4, 0.5) is 0 Å². The number of nitrogens with zero attached hydrogens (tertiary/aromatic N) is 1. The molecule has 0 spiro atoms. The Labute approximate surface area is 105 Å². The van der Waals surface area contributed by atoms with Gasteiger partial charge in [-0.3, -0.25) is 0 Å². The monoisotopic (exact) mass is 261 g/mol. The normalized spacial score (nSPS) is 10.9. The van der Waals surface area contributed by atoms with E-state index < -0.39 is 5.97 Å². The molecule has 3 rings (SSSR count). The Hall–Kier alpha value is -2.34. The SMILES string of the molecule is O=C(O)c1cnoc1-c1cc2cc(O)ccc2s1. The minimum atomic E-state index is -1.08. The molecule has 18 heavy (non-hydrogen) atoms. The quantitative estimate of drug-likeness (QED) is 0.741. The number of carboxylic acids is 1. The van der Waals surface area contributed by atoms with E-state index >= 15 is 0 Å². The standard InChI is InChI=1S/C12H7NO4S/c14-7-1-2-9-6(3-7)4-10(18-9)11-8(12(15)16)5-13-17-11/h1-5,14H,(H,15,16). The molecule has 90 valence electrons. The number of fused-ring (bicyclic) bond motifs is 1. The first-order valence-electron chi connectivity index (χ1n) is 5.06. The molecule has 0 bridgehead atoms. The zero-order valence-electron chi connectivity index (χ0n) is 8.95. The zero-order valence-corrected chi connectivity index (χ0v) is 9.77. The van der Waals surface area contributed by atoms with Crippen molar-refractivity contribution in [3.8, 4) is 16.4 Å². The highest BCUT2D eigenvalue weighted by molar-refractivity contribution is 7.22. The highest BCUT2D eigenvalue weighted by Crippen LogP contribution is 2.36. The zero-order chi connectivity index (χ0) is 12.7. The van der Waals surface area contributed by atoms with Crippen molar-refractivity contribution in [2.24, 2.45) is 0 Å². The van der Waals surface area contributed by atoms with Crippen LogP contribution in [0, 0.1) is 0 Å². The Balaban J connectivity index is 2.19. The van der Waals surface area contributed by atoms with Crippen LogP contribution >= 0.6 is 11.3 Å². The van der Waals surface area contributed by atoms with E-state index in [0.717, 1.165) is 10.1 Å². The van der Waals surface area contributed by atoms with Crippen LogP contribution in [-0.4, -0.2) is 21.3 Å². The maximum absolute atomic E-state index is 11.0. The molecule has 0 fully saturated rings. The molecule has 0 atom stereocenters. The van der Waals surface area contributed by atoms with Crippen LogP contribution < -0.4 is 0 Å². The minimum Gasteiger partial charge on any atom is -0.508 e. The molecule has 0 radical (unpaired) electrons. The summed E-state index contributed by atoms with van der Waals surface area (Å²) in [5.74, 6) is -0.669. The second-order valence-corrected chi connectivity index (χ2v) is 4.79. The number of aromatic hydroxyl groups is 1. The van der Waals surface area contributed by atoms with E-state index in [1.165, 1.54) is 17.5 Å². The van der Waals surface area contributed by atoms with Crippen LogP contribution in [0.3, 0.4) is 0 Å². The van der Waals surface area contributed by atoms with E-state index in [0.29, 0.717) is 4.88 Å². The largest absolute Gasteiger partial charge is 0.508 e. The van der Waals surface area contributed by atoms with Crippen molar-refractivity contribution in [1.29, 1.82) is 0 Å². The van der Waals surface area contributed by atoms with E-state index in [1.54, 1.807) is 24.3 Å². The van der Waals surface area contributed by atoms with Gasteiger partial charge in [0.25, 0.3) is 0 Å². The van der Waals surface area contributed by atoms with Crippen LogP contribution in [0.2, 0.25) is 0 Å². The van der Waals surface area contributed by atoms with Crippen molar-refractivity contribution in [2.45, 2.75) is 0 Å². The molecular weight excluding hydrogens is 254 g/mol. The Morgan fingerprint density at radius 1 is 1.33 bits per heavy atom. The van der Waals surface area contributed by atoms with E-state index in [-0.39, 0.29) is 17.1 Å². The maximum atomic E-state index is 11.0. The van der Waals surface area contributed by atoms with Gasteiger partial charge in [-0.2, -0.15) is 0 Å². The smallest absolute Gasteiger partial charge is 0.341 e. The van der Waals surface area contributed by atoms with Crippen molar-refractivity contribution in [3.63, 3.8) is 0 Å². The topological polar surface area (TPSA) is 83.6 Å². The van der Waals surface area contributed by atoms with Gasteiger partial charge in [0.2, 0.25) is 0 Å². The van der Waals surface area contributed by atoms with Gasteiger partial charge in [0.05, 0.1) is 11.1 Å². The molecule has 2 heterocycles. The number of phenolic OH excluding ortho intramolecular Hbond substituents is 1. The highest BCUT2D eigenvalue weighted by atomic mass is 32.1. The lowest BCUT2D eigenvalue weighted by Crippen LogP contribution is -1.94. The van der Waals surface area contributed by atoms with Crippen LogP contribution in [-0.2, 0) is 0 Å². The predicted molar refractivity (Wildman–Crippen MR) is 65.9 cm³/mol. The number of carbonyl (C=O) groups is 1. The molecule has 0 saturated carbocycles. The van der Waals surface area contributed by atoms with Crippen LogP contribution in [0.25, 0.3) is 20.7 Å². The molecule has 6 heteroatoms. The predicted octanol–water partition coefficient (Wildman–Crippen LogP) is 2.96. The molecule has 0 aliphatic carbocycles. The second kappa shape index (κ2) is 3.85. The van der Waals surface area contributed by atoms with E-state index in [2.05, 4.69) is 5.16 Å². The number of rotatable bonds is 2. The summed E-state index contributed by atoms with van der Waals surface area (Å²) in [6, 6.07) is 6.75. The van der Waals surface area contributed by atoms with E-state index in [1.807, 2.05) is 0 Å². The molecule has 0 amide bonds. The maximum Gasteiger partial charge on any atom is 0.341 e. The van der Waals surface area contributed by atoms with Crippen molar-refractivity contribution >= 4 is 27.4 Å². The Bertz CT molecular complexity index is 743. The van der Waals surface area contributed by atoms with Gasteiger partial charge in [-0.25, -0.2) is 4.79 Å². The average molecular weight is 261 g/mol. The van der Waals surface area contributed by atoms with Gasteiger partial charge in [0, 0.05) is 4.70 Å². The number of benzene rings is 1. The Kier molecular flexibility index (Phi) is 2.31. The lowest BCUT2D eigenvalue weighted by atomic mass is 10.2. The summed E-state index contributed by atoms with van der Waals surface area (Å²) < 4.78 is 5.93. The van der Waals surface area contributed by atoms with Gasteiger partial charge in [-0.15, -0.1) is 11.3 Å². The lowest BCUT2D eigenvalue weighted by molar-refractivity contribution is 0.0697. The van der Waals surface area contributed by atoms with Gasteiger partial charge in [0.1, 0.15) is 11.3 Å². The summed E-state index contributed by atoms with van der Waals surface area (Å²) in [7, 11) is 0. The number of carboxylic acid groups (broad SMARTS) is 1. The number of aromatic nitrogens is 1. The number of thiophene rings is 1. The first-order valence-corrected chi connectivity index (χ1v) is 5.88. The van der Waals surface area contributed by atoms with E-state index in [9.17, 15) is 9.90 Å². The third-order valence-corrected chi connectivity index (χ3v) is 3.64. The Morgan fingerprint density at radius 3 is 2.94 bits per heavy atom. The molecule has 0 aliphatic rings.